The molecule has 3 aromatic carbocycles. The van der Waals surface area contributed by atoms with E-state index in [9.17, 15) is 9.59 Å². The number of hydrogen-bond donors (Lipinski definition) is 1. The second kappa shape index (κ2) is 9.76. The Morgan fingerprint density at radius 2 is 1.57 bits per heavy atom. The van der Waals surface area contributed by atoms with E-state index < -0.39 is 0 Å². The summed E-state index contributed by atoms with van der Waals surface area (Å²) in [4.78, 5) is 24.3. The van der Waals surface area contributed by atoms with Gasteiger partial charge in [0.25, 0.3) is 0 Å². The molecule has 5 heteroatoms. The average molecular weight is 391 g/mol. The van der Waals surface area contributed by atoms with E-state index in [4.69, 9.17) is 4.74 Å². The maximum atomic E-state index is 12.3. The van der Waals surface area contributed by atoms with Gasteiger partial charge in [-0.1, -0.05) is 48.5 Å². The van der Waals surface area contributed by atoms with Crippen molar-refractivity contribution < 1.29 is 14.3 Å². The number of benzene rings is 3. The Balaban J connectivity index is 1.57. The van der Waals surface area contributed by atoms with E-state index in [-0.39, 0.29) is 17.6 Å². The second-order valence-corrected chi connectivity index (χ2v) is 7.29. The lowest BCUT2D eigenvalue weighted by molar-refractivity contribution is -0.131. The van der Waals surface area contributed by atoms with Gasteiger partial charge in [0.05, 0.1) is 5.75 Å². The van der Waals surface area contributed by atoms with E-state index in [1.807, 2.05) is 66.7 Å². The number of ether oxygens (including phenoxy) is 1. The highest BCUT2D eigenvalue weighted by atomic mass is 32.2. The number of esters is 1. The fraction of sp³-hybridized carbons (Fsp3) is 0.130. The standard InChI is InChI=1S/C23H21NO3S/c1-17(25)24-20-11-13-21(14-12-20)28-16-23(26)27-22-10-6-5-9-19(22)15-18-7-3-2-4-8-18/h2-14H,15-16H2,1H3,(H,24,25). The first kappa shape index (κ1) is 19.7. The highest BCUT2D eigenvalue weighted by Gasteiger charge is 2.10. The molecule has 0 heterocycles. The summed E-state index contributed by atoms with van der Waals surface area (Å²) in [5.41, 5.74) is 2.88. The topological polar surface area (TPSA) is 55.4 Å². The van der Waals surface area contributed by atoms with Crippen LogP contribution in [0, 0.1) is 0 Å². The van der Waals surface area contributed by atoms with Gasteiger partial charge in [-0.15, -0.1) is 11.8 Å². The molecule has 0 aliphatic carbocycles. The van der Waals surface area contributed by atoms with Crippen LogP contribution in [0.1, 0.15) is 18.1 Å². The smallest absolute Gasteiger partial charge is 0.321 e. The first-order valence-corrected chi connectivity index (χ1v) is 9.91. The lowest BCUT2D eigenvalue weighted by Crippen LogP contribution is -2.12. The van der Waals surface area contributed by atoms with Crippen LogP contribution in [-0.4, -0.2) is 17.6 Å². The van der Waals surface area contributed by atoms with Crippen molar-refractivity contribution in [3.63, 3.8) is 0 Å². The van der Waals surface area contributed by atoms with Gasteiger partial charge in [-0.05, 0) is 41.5 Å². The first-order chi connectivity index (χ1) is 13.6. The number of anilines is 1. The van der Waals surface area contributed by atoms with Crippen molar-refractivity contribution in [2.75, 3.05) is 11.1 Å². The number of hydrogen-bond acceptors (Lipinski definition) is 4. The first-order valence-electron chi connectivity index (χ1n) is 8.93. The number of carbonyl (C=O) groups excluding carboxylic acids is 2. The fourth-order valence-corrected chi connectivity index (χ4v) is 3.37. The Hall–Kier alpha value is -3.05. The van der Waals surface area contributed by atoms with E-state index in [2.05, 4.69) is 17.4 Å². The summed E-state index contributed by atoms with van der Waals surface area (Å²) >= 11 is 1.40. The summed E-state index contributed by atoms with van der Waals surface area (Å²) in [5, 5.41) is 2.72. The summed E-state index contributed by atoms with van der Waals surface area (Å²) < 4.78 is 5.60. The van der Waals surface area contributed by atoms with Crippen LogP contribution in [0.5, 0.6) is 5.75 Å². The molecule has 0 unspecified atom stereocenters. The Kier molecular flexibility index (Phi) is 6.87. The molecule has 3 aromatic rings. The number of rotatable bonds is 7. The minimum Gasteiger partial charge on any atom is -0.426 e. The third-order valence-corrected chi connectivity index (χ3v) is 4.95. The molecule has 0 aromatic heterocycles. The molecule has 0 radical (unpaired) electrons. The summed E-state index contributed by atoms with van der Waals surface area (Å²) in [6.45, 7) is 1.47. The van der Waals surface area contributed by atoms with Crippen LogP contribution in [0.2, 0.25) is 0 Å². The SMILES string of the molecule is CC(=O)Nc1ccc(SCC(=O)Oc2ccccc2Cc2ccccc2)cc1. The molecule has 142 valence electrons. The van der Waals surface area contributed by atoms with E-state index in [0.29, 0.717) is 12.2 Å². The normalized spacial score (nSPS) is 10.3. The second-order valence-electron chi connectivity index (χ2n) is 6.24. The molecule has 28 heavy (non-hydrogen) atoms. The molecule has 0 atom stereocenters. The van der Waals surface area contributed by atoms with Crippen LogP contribution in [-0.2, 0) is 16.0 Å². The maximum Gasteiger partial charge on any atom is 0.321 e. The molecule has 1 amide bonds. The van der Waals surface area contributed by atoms with Gasteiger partial charge in [-0.25, -0.2) is 0 Å². The zero-order valence-electron chi connectivity index (χ0n) is 15.6. The van der Waals surface area contributed by atoms with E-state index >= 15 is 0 Å². The van der Waals surface area contributed by atoms with Gasteiger partial charge in [0.15, 0.2) is 0 Å². The molecule has 1 N–H and O–H groups in total. The Bertz CT molecular complexity index is 940. The highest BCUT2D eigenvalue weighted by molar-refractivity contribution is 8.00. The minimum absolute atomic E-state index is 0.113. The summed E-state index contributed by atoms with van der Waals surface area (Å²) in [7, 11) is 0. The minimum atomic E-state index is -0.295. The monoisotopic (exact) mass is 391 g/mol. The number of nitrogens with one attached hydrogen (secondary N) is 1. The third kappa shape index (κ3) is 5.99. The molecule has 3 rings (SSSR count). The van der Waals surface area contributed by atoms with Crippen molar-refractivity contribution >= 4 is 29.3 Å². The highest BCUT2D eigenvalue weighted by Crippen LogP contribution is 2.24. The molecule has 4 nitrogen and oxygen atoms in total. The number of thioether (sulfide) groups is 1. The third-order valence-electron chi connectivity index (χ3n) is 3.97. The summed E-state index contributed by atoms with van der Waals surface area (Å²) in [6.07, 6.45) is 0.710. The molecule has 0 bridgehead atoms. The van der Waals surface area contributed by atoms with Crippen LogP contribution in [0.4, 0.5) is 5.69 Å². The zero-order chi connectivity index (χ0) is 19.8. The molecule has 0 fully saturated rings. The van der Waals surface area contributed by atoms with Gasteiger partial charge < -0.3 is 10.1 Å². The number of carbonyl (C=O) groups is 2. The lowest BCUT2D eigenvalue weighted by atomic mass is 10.0. The quantitative estimate of drug-likeness (QED) is 0.352. The molecular weight excluding hydrogens is 370 g/mol. The van der Waals surface area contributed by atoms with E-state index in [1.165, 1.54) is 24.2 Å². The van der Waals surface area contributed by atoms with Gasteiger partial charge in [0, 0.05) is 23.9 Å². The van der Waals surface area contributed by atoms with Gasteiger partial charge in [0.1, 0.15) is 5.75 Å². The van der Waals surface area contributed by atoms with Crippen molar-refractivity contribution in [1.82, 2.24) is 0 Å². The predicted molar refractivity (Wildman–Crippen MR) is 113 cm³/mol. The van der Waals surface area contributed by atoms with Gasteiger partial charge >= 0.3 is 5.97 Å². The van der Waals surface area contributed by atoms with Crippen LogP contribution in [0.3, 0.4) is 0 Å². The van der Waals surface area contributed by atoms with Crippen molar-refractivity contribution in [2.45, 2.75) is 18.2 Å². The van der Waals surface area contributed by atoms with E-state index in [1.54, 1.807) is 0 Å². The Morgan fingerprint density at radius 3 is 2.29 bits per heavy atom. The van der Waals surface area contributed by atoms with Gasteiger partial charge in [-0.2, -0.15) is 0 Å². The molecular formula is C23H21NO3S. The van der Waals surface area contributed by atoms with E-state index in [0.717, 1.165) is 16.1 Å². The summed E-state index contributed by atoms with van der Waals surface area (Å²) in [6, 6.07) is 25.1. The van der Waals surface area contributed by atoms with Crippen LogP contribution in [0.25, 0.3) is 0 Å². The van der Waals surface area contributed by atoms with Gasteiger partial charge in [0.2, 0.25) is 5.91 Å². The largest absolute Gasteiger partial charge is 0.426 e. The van der Waals surface area contributed by atoms with Crippen molar-refractivity contribution in [3.8, 4) is 5.75 Å². The number of amides is 1. The molecule has 0 aliphatic rings. The van der Waals surface area contributed by atoms with Crippen LogP contribution < -0.4 is 10.1 Å². The van der Waals surface area contributed by atoms with Crippen molar-refractivity contribution in [1.29, 1.82) is 0 Å². The van der Waals surface area contributed by atoms with Gasteiger partial charge in [-0.3, -0.25) is 9.59 Å². The van der Waals surface area contributed by atoms with Crippen LogP contribution in [0.15, 0.2) is 83.8 Å². The Morgan fingerprint density at radius 1 is 0.893 bits per heavy atom. The molecule has 0 saturated carbocycles. The average Bonchev–Trinajstić information content (AvgIpc) is 2.69. The lowest BCUT2D eigenvalue weighted by Gasteiger charge is -2.10. The van der Waals surface area contributed by atoms with Crippen molar-refractivity contribution in [3.05, 3.63) is 90.0 Å². The summed E-state index contributed by atoms with van der Waals surface area (Å²) in [5.74, 6) is 0.395. The maximum absolute atomic E-state index is 12.3. The molecule has 0 saturated heterocycles. The predicted octanol–water partition coefficient (Wildman–Crippen LogP) is 4.93. The van der Waals surface area contributed by atoms with Crippen molar-refractivity contribution in [2.24, 2.45) is 0 Å². The van der Waals surface area contributed by atoms with Crippen LogP contribution >= 0.6 is 11.8 Å². The Labute approximate surface area is 168 Å². The number of para-hydroxylation sites is 1. The zero-order valence-corrected chi connectivity index (χ0v) is 16.4. The fourth-order valence-electron chi connectivity index (χ4n) is 2.70. The molecule has 0 aliphatic heterocycles. The molecule has 0 spiro atoms.